The van der Waals surface area contributed by atoms with E-state index < -0.39 is 0 Å². The molecule has 1 rings (SSSR count). The highest BCUT2D eigenvalue weighted by Gasteiger charge is 2.20. The third-order valence-corrected chi connectivity index (χ3v) is 3.81. The molecule has 0 atom stereocenters. The van der Waals surface area contributed by atoms with Crippen LogP contribution in [0.15, 0.2) is 5.38 Å². The summed E-state index contributed by atoms with van der Waals surface area (Å²) < 4.78 is 9.61. The van der Waals surface area contributed by atoms with Crippen molar-refractivity contribution in [1.82, 2.24) is 9.88 Å². The molecule has 0 aromatic carbocycles. The van der Waals surface area contributed by atoms with Gasteiger partial charge in [0.1, 0.15) is 0 Å². The molecular formula is C14H22N2O4S. The van der Waals surface area contributed by atoms with Crippen LogP contribution in [0.25, 0.3) is 0 Å². The number of hydrogen-bond donors (Lipinski definition) is 0. The van der Waals surface area contributed by atoms with Crippen molar-refractivity contribution in [3.63, 3.8) is 0 Å². The highest BCUT2D eigenvalue weighted by Crippen LogP contribution is 2.19. The number of esters is 1. The lowest BCUT2D eigenvalue weighted by Crippen LogP contribution is -2.35. The molecule has 6 nitrogen and oxygen atoms in total. The van der Waals surface area contributed by atoms with Crippen LogP contribution in [0.4, 0.5) is 0 Å². The average molecular weight is 314 g/mol. The van der Waals surface area contributed by atoms with E-state index in [9.17, 15) is 9.59 Å². The van der Waals surface area contributed by atoms with Gasteiger partial charge in [0, 0.05) is 25.6 Å². The van der Waals surface area contributed by atoms with E-state index in [4.69, 9.17) is 4.74 Å². The van der Waals surface area contributed by atoms with Crippen molar-refractivity contribution in [3.8, 4) is 0 Å². The zero-order valence-corrected chi connectivity index (χ0v) is 13.7. The molecule has 0 aliphatic rings. The van der Waals surface area contributed by atoms with Crippen LogP contribution < -0.4 is 0 Å². The summed E-state index contributed by atoms with van der Waals surface area (Å²) in [4.78, 5) is 29.6. The van der Waals surface area contributed by atoms with E-state index in [1.165, 1.54) is 18.4 Å². The number of thiazole rings is 1. The van der Waals surface area contributed by atoms with E-state index in [0.717, 1.165) is 5.69 Å². The summed E-state index contributed by atoms with van der Waals surface area (Å²) in [6.07, 6.45) is 0.161. The first kappa shape index (κ1) is 17.6. The summed E-state index contributed by atoms with van der Waals surface area (Å²) in [6.45, 7) is 5.19. The first-order valence-corrected chi connectivity index (χ1v) is 7.68. The van der Waals surface area contributed by atoms with Gasteiger partial charge in [-0.1, -0.05) is 13.8 Å². The molecule has 0 aliphatic carbocycles. The van der Waals surface area contributed by atoms with Crippen molar-refractivity contribution in [3.05, 3.63) is 16.1 Å². The fraction of sp³-hybridized carbons (Fsp3) is 0.643. The lowest BCUT2D eigenvalue weighted by atomic mass is 10.2. The van der Waals surface area contributed by atoms with Crippen LogP contribution in [0.1, 0.15) is 41.7 Å². The molecule has 0 radical (unpaired) electrons. The Labute approximate surface area is 129 Å². The molecule has 7 heteroatoms. The average Bonchev–Trinajstić information content (AvgIpc) is 2.96. The molecule has 0 saturated heterocycles. The summed E-state index contributed by atoms with van der Waals surface area (Å²) in [5.74, 6) is -0.231. The lowest BCUT2D eigenvalue weighted by molar-refractivity contribution is -0.140. The topological polar surface area (TPSA) is 68.7 Å². The minimum absolute atomic E-state index is 0.161. The van der Waals surface area contributed by atoms with Crippen LogP contribution in [0, 0.1) is 0 Å². The van der Waals surface area contributed by atoms with Gasteiger partial charge >= 0.3 is 5.97 Å². The Hall–Kier alpha value is -1.47. The quantitative estimate of drug-likeness (QED) is 0.686. The van der Waals surface area contributed by atoms with Gasteiger partial charge in [-0.05, 0) is 5.92 Å². The van der Waals surface area contributed by atoms with E-state index in [1.54, 1.807) is 12.0 Å². The van der Waals surface area contributed by atoms with E-state index in [2.05, 4.69) is 9.72 Å². The molecule has 0 spiro atoms. The largest absolute Gasteiger partial charge is 0.469 e. The van der Waals surface area contributed by atoms with Gasteiger partial charge in [-0.3, -0.25) is 9.59 Å². The Balaban J connectivity index is 2.75. The maximum absolute atomic E-state index is 12.5. The van der Waals surface area contributed by atoms with Gasteiger partial charge in [0.25, 0.3) is 5.91 Å². The Bertz CT molecular complexity index is 473. The number of aromatic nitrogens is 1. The monoisotopic (exact) mass is 314 g/mol. The SMILES string of the molecule is COCCN(CCC(=O)OC)C(=O)c1nc(C(C)C)cs1. The molecule has 1 aromatic rings. The van der Waals surface area contributed by atoms with Crippen LogP contribution in [0.2, 0.25) is 0 Å². The van der Waals surface area contributed by atoms with Crippen molar-refractivity contribution in [2.24, 2.45) is 0 Å². The smallest absolute Gasteiger partial charge is 0.307 e. The molecule has 118 valence electrons. The number of carbonyl (C=O) groups is 2. The van der Waals surface area contributed by atoms with Gasteiger partial charge in [0.05, 0.1) is 25.8 Å². The Kier molecular flexibility index (Phi) is 7.31. The van der Waals surface area contributed by atoms with E-state index in [-0.39, 0.29) is 24.2 Å². The first-order chi connectivity index (χ1) is 9.99. The van der Waals surface area contributed by atoms with Gasteiger partial charge in [-0.25, -0.2) is 4.98 Å². The molecule has 0 bridgehead atoms. The second-order valence-electron chi connectivity index (χ2n) is 4.84. The van der Waals surface area contributed by atoms with E-state index in [0.29, 0.717) is 24.7 Å². The number of rotatable bonds is 8. The second-order valence-corrected chi connectivity index (χ2v) is 5.70. The van der Waals surface area contributed by atoms with Crippen molar-refractivity contribution in [2.75, 3.05) is 33.9 Å². The Morgan fingerprint density at radius 2 is 2.05 bits per heavy atom. The standard InChI is InChI=1S/C14H22N2O4S/c1-10(2)11-9-21-13(15-11)14(18)16(7-8-19-3)6-5-12(17)20-4/h9-10H,5-8H2,1-4H3. The fourth-order valence-electron chi connectivity index (χ4n) is 1.63. The number of amides is 1. The molecule has 0 fully saturated rings. The molecule has 0 aliphatic heterocycles. The predicted octanol–water partition coefficient (Wildman–Crippen LogP) is 1.92. The summed E-state index contributed by atoms with van der Waals surface area (Å²) >= 11 is 1.33. The summed E-state index contributed by atoms with van der Waals surface area (Å²) in [7, 11) is 2.91. The fourth-order valence-corrected chi connectivity index (χ4v) is 2.57. The first-order valence-electron chi connectivity index (χ1n) is 6.80. The van der Waals surface area contributed by atoms with Gasteiger partial charge in [0.2, 0.25) is 0 Å². The molecule has 1 amide bonds. The van der Waals surface area contributed by atoms with Crippen molar-refractivity contribution >= 4 is 23.2 Å². The van der Waals surface area contributed by atoms with Crippen LogP contribution in [-0.4, -0.2) is 55.7 Å². The number of hydrogen-bond acceptors (Lipinski definition) is 6. The summed E-state index contributed by atoms with van der Waals surface area (Å²) in [6, 6.07) is 0. The van der Waals surface area contributed by atoms with Crippen LogP contribution in [0.5, 0.6) is 0 Å². The van der Waals surface area contributed by atoms with Crippen LogP contribution in [-0.2, 0) is 14.3 Å². The van der Waals surface area contributed by atoms with Gasteiger partial charge in [-0.15, -0.1) is 11.3 Å². The highest BCUT2D eigenvalue weighted by atomic mass is 32.1. The van der Waals surface area contributed by atoms with Crippen molar-refractivity contribution in [1.29, 1.82) is 0 Å². The number of ether oxygens (including phenoxy) is 2. The number of methoxy groups -OCH3 is 2. The van der Waals surface area contributed by atoms with Gasteiger partial charge < -0.3 is 14.4 Å². The molecule has 0 saturated carbocycles. The second kappa shape index (κ2) is 8.74. The van der Waals surface area contributed by atoms with Crippen molar-refractivity contribution in [2.45, 2.75) is 26.2 Å². The van der Waals surface area contributed by atoms with Gasteiger partial charge in [0.15, 0.2) is 5.01 Å². The van der Waals surface area contributed by atoms with E-state index >= 15 is 0 Å². The third kappa shape index (κ3) is 5.43. The molecule has 0 unspecified atom stereocenters. The normalized spacial score (nSPS) is 10.7. The Morgan fingerprint density at radius 1 is 1.33 bits per heavy atom. The highest BCUT2D eigenvalue weighted by molar-refractivity contribution is 7.11. The summed E-state index contributed by atoms with van der Waals surface area (Å²) in [5.41, 5.74) is 0.906. The predicted molar refractivity (Wildman–Crippen MR) is 80.6 cm³/mol. The number of carbonyl (C=O) groups excluding carboxylic acids is 2. The van der Waals surface area contributed by atoms with Gasteiger partial charge in [-0.2, -0.15) is 0 Å². The molecule has 21 heavy (non-hydrogen) atoms. The number of nitrogens with zero attached hydrogens (tertiary/aromatic N) is 2. The maximum Gasteiger partial charge on any atom is 0.307 e. The molecule has 1 heterocycles. The zero-order chi connectivity index (χ0) is 15.8. The molecule has 1 aromatic heterocycles. The Morgan fingerprint density at radius 3 is 2.57 bits per heavy atom. The zero-order valence-electron chi connectivity index (χ0n) is 12.9. The van der Waals surface area contributed by atoms with Crippen molar-refractivity contribution < 1.29 is 19.1 Å². The summed E-state index contributed by atoms with van der Waals surface area (Å²) in [5, 5.41) is 2.34. The van der Waals surface area contributed by atoms with Crippen LogP contribution in [0.3, 0.4) is 0 Å². The maximum atomic E-state index is 12.5. The molecular weight excluding hydrogens is 292 g/mol. The van der Waals surface area contributed by atoms with Crippen LogP contribution >= 0.6 is 11.3 Å². The molecule has 0 N–H and O–H groups in total. The minimum atomic E-state index is -0.341. The van der Waals surface area contributed by atoms with E-state index in [1.807, 2.05) is 19.2 Å². The minimum Gasteiger partial charge on any atom is -0.469 e. The third-order valence-electron chi connectivity index (χ3n) is 2.96. The lowest BCUT2D eigenvalue weighted by Gasteiger charge is -2.20.